The quantitative estimate of drug-likeness (QED) is 0.704. The predicted molar refractivity (Wildman–Crippen MR) is 52.7 cm³/mol. The third-order valence-corrected chi connectivity index (χ3v) is 2.40. The summed E-state index contributed by atoms with van der Waals surface area (Å²) in [5.41, 5.74) is 0. The van der Waals surface area contributed by atoms with Crippen LogP contribution in [0, 0.1) is 5.92 Å². The van der Waals surface area contributed by atoms with E-state index >= 15 is 0 Å². The predicted octanol–water partition coefficient (Wildman–Crippen LogP) is 0.726. The molecule has 3 heteroatoms. The second kappa shape index (κ2) is 5.58. The minimum Gasteiger partial charge on any atom is -0.392 e. The van der Waals surface area contributed by atoms with Crippen molar-refractivity contribution in [2.45, 2.75) is 25.9 Å². The fraction of sp³-hybridized carbons (Fsp3) is 1.00. The Morgan fingerprint density at radius 3 is 2.92 bits per heavy atom. The standard InChI is InChI=1S/C10H21NO2/c1-9(12)6-11(2)7-10-4-3-5-13-8-10/h9-10,12H,3-8H2,1-2H3. The highest BCUT2D eigenvalue weighted by Crippen LogP contribution is 2.14. The Balaban J connectivity index is 2.14. The van der Waals surface area contributed by atoms with Crippen molar-refractivity contribution >= 4 is 0 Å². The van der Waals surface area contributed by atoms with Crippen LogP contribution in [0.15, 0.2) is 0 Å². The largest absolute Gasteiger partial charge is 0.392 e. The maximum Gasteiger partial charge on any atom is 0.0638 e. The molecular formula is C10H21NO2. The van der Waals surface area contributed by atoms with Crippen molar-refractivity contribution in [3.63, 3.8) is 0 Å². The highest BCUT2D eigenvalue weighted by molar-refractivity contribution is 4.67. The minimum absolute atomic E-state index is 0.227. The highest BCUT2D eigenvalue weighted by Gasteiger charge is 2.16. The van der Waals surface area contributed by atoms with E-state index in [4.69, 9.17) is 4.74 Å². The molecule has 78 valence electrons. The van der Waals surface area contributed by atoms with Crippen molar-refractivity contribution in [3.05, 3.63) is 0 Å². The summed E-state index contributed by atoms with van der Waals surface area (Å²) in [5, 5.41) is 9.18. The first-order valence-corrected chi connectivity index (χ1v) is 5.13. The average molecular weight is 187 g/mol. The lowest BCUT2D eigenvalue weighted by Crippen LogP contribution is -2.34. The first kappa shape index (κ1) is 11.0. The van der Waals surface area contributed by atoms with Gasteiger partial charge in [0.25, 0.3) is 0 Å². The first-order valence-electron chi connectivity index (χ1n) is 5.13. The summed E-state index contributed by atoms with van der Waals surface area (Å²) >= 11 is 0. The van der Waals surface area contributed by atoms with Gasteiger partial charge in [0.15, 0.2) is 0 Å². The Bertz CT molecular complexity index is 133. The van der Waals surface area contributed by atoms with Crippen LogP contribution in [0.25, 0.3) is 0 Å². The number of aliphatic hydroxyl groups excluding tert-OH is 1. The zero-order valence-corrected chi connectivity index (χ0v) is 8.70. The lowest BCUT2D eigenvalue weighted by atomic mass is 10.0. The van der Waals surface area contributed by atoms with E-state index in [2.05, 4.69) is 11.9 Å². The second-order valence-electron chi connectivity index (χ2n) is 4.15. The van der Waals surface area contributed by atoms with E-state index in [1.807, 2.05) is 6.92 Å². The first-order chi connectivity index (χ1) is 6.18. The summed E-state index contributed by atoms with van der Waals surface area (Å²) in [4.78, 5) is 2.18. The molecule has 0 saturated carbocycles. The molecule has 1 saturated heterocycles. The third kappa shape index (κ3) is 4.60. The fourth-order valence-corrected chi connectivity index (χ4v) is 1.92. The van der Waals surface area contributed by atoms with Gasteiger partial charge in [-0.1, -0.05) is 0 Å². The van der Waals surface area contributed by atoms with Crippen LogP contribution in [0.1, 0.15) is 19.8 Å². The monoisotopic (exact) mass is 187 g/mol. The van der Waals surface area contributed by atoms with Crippen molar-refractivity contribution in [1.82, 2.24) is 4.90 Å². The summed E-state index contributed by atoms with van der Waals surface area (Å²) in [6, 6.07) is 0. The zero-order valence-electron chi connectivity index (χ0n) is 8.70. The number of likely N-dealkylation sites (N-methyl/N-ethyl adjacent to an activating group) is 1. The van der Waals surface area contributed by atoms with Gasteiger partial charge in [-0.3, -0.25) is 0 Å². The molecule has 1 rings (SSSR count). The van der Waals surface area contributed by atoms with E-state index in [1.54, 1.807) is 0 Å². The molecule has 0 amide bonds. The minimum atomic E-state index is -0.227. The normalized spacial score (nSPS) is 26.3. The van der Waals surface area contributed by atoms with E-state index in [-0.39, 0.29) is 6.10 Å². The Labute approximate surface area is 80.7 Å². The van der Waals surface area contributed by atoms with Crippen LogP contribution >= 0.6 is 0 Å². The van der Waals surface area contributed by atoms with Crippen molar-refractivity contribution in [3.8, 4) is 0 Å². The van der Waals surface area contributed by atoms with Crippen molar-refractivity contribution in [2.24, 2.45) is 5.92 Å². The number of hydrogen-bond acceptors (Lipinski definition) is 3. The van der Waals surface area contributed by atoms with E-state index in [0.717, 1.165) is 26.3 Å². The Kier molecular flexibility index (Phi) is 4.70. The molecule has 1 heterocycles. The summed E-state index contributed by atoms with van der Waals surface area (Å²) < 4.78 is 5.40. The van der Waals surface area contributed by atoms with Gasteiger partial charge in [-0.2, -0.15) is 0 Å². The van der Waals surface area contributed by atoms with Gasteiger partial charge in [0.2, 0.25) is 0 Å². The Morgan fingerprint density at radius 1 is 1.62 bits per heavy atom. The molecule has 1 aliphatic rings. The number of rotatable bonds is 4. The molecule has 2 atom stereocenters. The maximum absolute atomic E-state index is 9.18. The lowest BCUT2D eigenvalue weighted by Gasteiger charge is -2.27. The van der Waals surface area contributed by atoms with E-state index < -0.39 is 0 Å². The Hall–Kier alpha value is -0.120. The smallest absolute Gasteiger partial charge is 0.0638 e. The zero-order chi connectivity index (χ0) is 9.68. The van der Waals surface area contributed by atoms with Crippen molar-refractivity contribution in [2.75, 3.05) is 33.4 Å². The second-order valence-corrected chi connectivity index (χ2v) is 4.15. The SMILES string of the molecule is CC(O)CN(C)CC1CCCOC1. The molecule has 0 bridgehead atoms. The van der Waals surface area contributed by atoms with Gasteiger partial charge in [0, 0.05) is 19.7 Å². The number of ether oxygens (including phenoxy) is 1. The summed E-state index contributed by atoms with van der Waals surface area (Å²) in [6.45, 7) is 5.45. The average Bonchev–Trinajstić information content (AvgIpc) is 2.04. The Morgan fingerprint density at radius 2 is 2.38 bits per heavy atom. The van der Waals surface area contributed by atoms with Crippen molar-refractivity contribution in [1.29, 1.82) is 0 Å². The van der Waals surface area contributed by atoms with Gasteiger partial charge in [0.1, 0.15) is 0 Å². The topological polar surface area (TPSA) is 32.7 Å². The molecule has 3 nitrogen and oxygen atoms in total. The van der Waals surface area contributed by atoms with Gasteiger partial charge < -0.3 is 14.7 Å². The van der Waals surface area contributed by atoms with Crippen LogP contribution in [0.5, 0.6) is 0 Å². The summed E-state index contributed by atoms with van der Waals surface area (Å²) in [6.07, 6.45) is 2.23. The van der Waals surface area contributed by atoms with Gasteiger partial charge in [0.05, 0.1) is 12.7 Å². The third-order valence-electron chi connectivity index (χ3n) is 2.40. The van der Waals surface area contributed by atoms with Crippen LogP contribution in [0.4, 0.5) is 0 Å². The van der Waals surface area contributed by atoms with Crippen LogP contribution in [-0.2, 0) is 4.74 Å². The number of nitrogens with zero attached hydrogens (tertiary/aromatic N) is 1. The fourth-order valence-electron chi connectivity index (χ4n) is 1.92. The molecule has 0 spiro atoms. The summed E-state index contributed by atoms with van der Waals surface area (Å²) in [7, 11) is 2.06. The molecule has 2 unspecified atom stereocenters. The summed E-state index contributed by atoms with van der Waals surface area (Å²) in [5.74, 6) is 0.664. The van der Waals surface area contributed by atoms with Crippen LogP contribution in [0.2, 0.25) is 0 Å². The molecule has 0 aromatic rings. The van der Waals surface area contributed by atoms with Crippen LogP contribution in [0.3, 0.4) is 0 Å². The number of hydrogen-bond donors (Lipinski definition) is 1. The van der Waals surface area contributed by atoms with Crippen LogP contribution in [-0.4, -0.2) is 49.5 Å². The molecule has 13 heavy (non-hydrogen) atoms. The van der Waals surface area contributed by atoms with Gasteiger partial charge in [-0.25, -0.2) is 0 Å². The molecule has 0 radical (unpaired) electrons. The number of aliphatic hydroxyl groups is 1. The lowest BCUT2D eigenvalue weighted by molar-refractivity contribution is 0.0358. The van der Waals surface area contributed by atoms with Gasteiger partial charge in [-0.15, -0.1) is 0 Å². The van der Waals surface area contributed by atoms with E-state index in [0.29, 0.717) is 5.92 Å². The van der Waals surface area contributed by atoms with Gasteiger partial charge >= 0.3 is 0 Å². The van der Waals surface area contributed by atoms with E-state index in [1.165, 1.54) is 12.8 Å². The van der Waals surface area contributed by atoms with Crippen LogP contribution < -0.4 is 0 Å². The molecule has 1 N–H and O–H groups in total. The molecule has 1 fully saturated rings. The molecule has 0 aliphatic carbocycles. The molecular weight excluding hydrogens is 166 g/mol. The maximum atomic E-state index is 9.18. The van der Waals surface area contributed by atoms with Gasteiger partial charge in [-0.05, 0) is 32.7 Å². The molecule has 0 aromatic carbocycles. The molecule has 1 aliphatic heterocycles. The highest BCUT2D eigenvalue weighted by atomic mass is 16.5. The van der Waals surface area contributed by atoms with E-state index in [9.17, 15) is 5.11 Å². The van der Waals surface area contributed by atoms with Crippen molar-refractivity contribution < 1.29 is 9.84 Å². The molecule has 0 aromatic heterocycles.